The van der Waals surface area contributed by atoms with Crippen molar-refractivity contribution in [1.29, 1.82) is 0 Å². The molecule has 2 aromatic carbocycles. The van der Waals surface area contributed by atoms with E-state index in [0.29, 0.717) is 25.1 Å². The molecule has 5 nitrogen and oxygen atoms in total. The standard InChI is InChI=1S/C27H34BNO4/c1-6-24(30)21-14-15-23(28-32-26(2,3)27(4,5)33-28)22(16-21)18-29(25(31)20-12-13-20)17-19-10-8-7-9-11-19/h7-11,14-16,20H,6,12-13,17-18H2,1-5H3. The fraction of sp³-hybridized carbons (Fsp3) is 0.481. The first-order valence-electron chi connectivity index (χ1n) is 12.0. The second-order valence-electron chi connectivity index (χ2n) is 10.2. The summed E-state index contributed by atoms with van der Waals surface area (Å²) in [4.78, 5) is 27.6. The van der Waals surface area contributed by atoms with Crippen molar-refractivity contribution in [2.24, 2.45) is 5.92 Å². The maximum absolute atomic E-state index is 13.2. The lowest BCUT2D eigenvalue weighted by Gasteiger charge is -2.32. The second-order valence-corrected chi connectivity index (χ2v) is 10.2. The van der Waals surface area contributed by atoms with Crippen molar-refractivity contribution in [3.8, 4) is 0 Å². The number of ketones is 1. The number of Topliss-reactive ketones (excluding diaryl/α,β-unsaturated/α-hetero) is 1. The van der Waals surface area contributed by atoms with E-state index in [1.54, 1.807) is 0 Å². The molecular weight excluding hydrogens is 413 g/mol. The largest absolute Gasteiger partial charge is 0.495 e. The van der Waals surface area contributed by atoms with Gasteiger partial charge >= 0.3 is 7.12 Å². The lowest BCUT2D eigenvalue weighted by molar-refractivity contribution is -0.133. The van der Waals surface area contributed by atoms with E-state index in [2.05, 4.69) is 0 Å². The van der Waals surface area contributed by atoms with Gasteiger partial charge in [-0.3, -0.25) is 9.59 Å². The number of carbonyl (C=O) groups is 2. The summed E-state index contributed by atoms with van der Waals surface area (Å²) in [7, 11) is -0.551. The molecule has 0 unspecified atom stereocenters. The van der Waals surface area contributed by atoms with Crippen LogP contribution in [-0.2, 0) is 27.2 Å². The van der Waals surface area contributed by atoms with Crippen LogP contribution in [0.15, 0.2) is 48.5 Å². The van der Waals surface area contributed by atoms with Crippen LogP contribution >= 0.6 is 0 Å². The van der Waals surface area contributed by atoms with Crippen molar-refractivity contribution in [3.05, 3.63) is 65.2 Å². The summed E-state index contributed by atoms with van der Waals surface area (Å²) in [5.74, 6) is 0.361. The molecule has 1 amide bonds. The minimum atomic E-state index is -0.551. The third-order valence-corrected chi connectivity index (χ3v) is 7.11. The number of carbonyl (C=O) groups excluding carboxylic acids is 2. The van der Waals surface area contributed by atoms with Crippen LogP contribution in [0.4, 0.5) is 0 Å². The molecule has 0 aromatic heterocycles. The lowest BCUT2D eigenvalue weighted by atomic mass is 9.75. The van der Waals surface area contributed by atoms with Gasteiger partial charge in [-0.15, -0.1) is 0 Å². The van der Waals surface area contributed by atoms with Crippen LogP contribution in [0.2, 0.25) is 0 Å². The molecule has 2 fully saturated rings. The second kappa shape index (κ2) is 9.07. The molecule has 33 heavy (non-hydrogen) atoms. The van der Waals surface area contributed by atoms with Gasteiger partial charge in [-0.2, -0.15) is 0 Å². The van der Waals surface area contributed by atoms with Crippen LogP contribution < -0.4 is 5.46 Å². The first-order chi connectivity index (χ1) is 15.6. The van der Waals surface area contributed by atoms with Gasteiger partial charge in [0.25, 0.3) is 0 Å². The number of hydrogen-bond donors (Lipinski definition) is 0. The zero-order chi connectivity index (χ0) is 23.8. The number of amides is 1. The minimum Gasteiger partial charge on any atom is -0.399 e. The fourth-order valence-corrected chi connectivity index (χ4v) is 4.13. The highest BCUT2D eigenvalue weighted by Crippen LogP contribution is 2.37. The van der Waals surface area contributed by atoms with Crippen LogP contribution in [0.25, 0.3) is 0 Å². The molecule has 1 aliphatic heterocycles. The molecule has 0 radical (unpaired) electrons. The van der Waals surface area contributed by atoms with Crippen LogP contribution in [-0.4, -0.2) is 34.9 Å². The van der Waals surface area contributed by atoms with Gasteiger partial charge in [0.2, 0.25) is 5.91 Å². The zero-order valence-electron chi connectivity index (χ0n) is 20.4. The Morgan fingerprint density at radius 2 is 1.61 bits per heavy atom. The van der Waals surface area contributed by atoms with Crippen LogP contribution in [0.3, 0.4) is 0 Å². The number of benzene rings is 2. The van der Waals surface area contributed by atoms with Crippen molar-refractivity contribution >= 4 is 24.3 Å². The summed E-state index contributed by atoms with van der Waals surface area (Å²) in [6.45, 7) is 10.9. The molecule has 0 N–H and O–H groups in total. The SMILES string of the molecule is CCC(=O)c1ccc(B2OC(C)(C)C(C)(C)O2)c(CN(Cc2ccccc2)C(=O)C2CC2)c1. The van der Waals surface area contributed by atoms with Gasteiger partial charge in [-0.1, -0.05) is 49.4 Å². The van der Waals surface area contributed by atoms with Crippen molar-refractivity contribution in [3.63, 3.8) is 0 Å². The van der Waals surface area contributed by atoms with Crippen molar-refractivity contribution in [2.45, 2.75) is 78.2 Å². The van der Waals surface area contributed by atoms with E-state index < -0.39 is 18.3 Å². The normalized spacial score (nSPS) is 18.9. The van der Waals surface area contributed by atoms with Crippen LogP contribution in [0, 0.1) is 5.92 Å². The molecule has 4 rings (SSSR count). The maximum atomic E-state index is 13.2. The minimum absolute atomic E-state index is 0.0832. The molecule has 1 heterocycles. The topological polar surface area (TPSA) is 55.8 Å². The van der Waals surface area contributed by atoms with Gasteiger partial charge in [-0.25, -0.2) is 0 Å². The number of hydrogen-bond acceptors (Lipinski definition) is 4. The number of nitrogens with zero attached hydrogens (tertiary/aromatic N) is 1. The fourth-order valence-electron chi connectivity index (χ4n) is 4.13. The van der Waals surface area contributed by atoms with E-state index in [0.717, 1.165) is 29.4 Å². The van der Waals surface area contributed by atoms with Gasteiger partial charge in [-0.05, 0) is 63.2 Å². The molecule has 6 heteroatoms. The summed E-state index contributed by atoms with van der Waals surface area (Å²) in [5, 5.41) is 0. The van der Waals surface area contributed by atoms with Crippen molar-refractivity contribution in [1.82, 2.24) is 4.90 Å². The Morgan fingerprint density at radius 1 is 0.970 bits per heavy atom. The third-order valence-electron chi connectivity index (χ3n) is 7.11. The molecule has 2 aliphatic rings. The molecule has 1 aliphatic carbocycles. The highest BCUT2D eigenvalue weighted by atomic mass is 16.7. The van der Waals surface area contributed by atoms with Crippen molar-refractivity contribution in [2.75, 3.05) is 0 Å². The predicted octanol–water partition coefficient (Wildman–Crippen LogP) is 4.52. The molecule has 0 spiro atoms. The zero-order valence-corrected chi connectivity index (χ0v) is 20.4. The average Bonchev–Trinajstić information content (AvgIpc) is 3.59. The molecule has 0 atom stereocenters. The summed E-state index contributed by atoms with van der Waals surface area (Å²) >= 11 is 0. The Labute approximate surface area is 197 Å². The maximum Gasteiger partial charge on any atom is 0.495 e. The van der Waals surface area contributed by atoms with Crippen LogP contribution in [0.1, 0.15) is 75.4 Å². The molecule has 2 aromatic rings. The van der Waals surface area contributed by atoms with E-state index in [4.69, 9.17) is 9.31 Å². The Bertz CT molecular complexity index is 1010. The summed E-state index contributed by atoms with van der Waals surface area (Å²) in [6.07, 6.45) is 2.33. The molecule has 174 valence electrons. The summed E-state index contributed by atoms with van der Waals surface area (Å²) in [6, 6.07) is 15.7. The Morgan fingerprint density at radius 3 is 2.18 bits per heavy atom. The van der Waals surface area contributed by atoms with E-state index in [1.165, 1.54) is 0 Å². The monoisotopic (exact) mass is 447 g/mol. The Balaban J connectivity index is 1.69. The highest BCUT2D eigenvalue weighted by molar-refractivity contribution is 6.62. The van der Waals surface area contributed by atoms with E-state index in [1.807, 2.05) is 88.0 Å². The number of rotatable bonds is 8. The van der Waals surface area contributed by atoms with Gasteiger partial charge in [0, 0.05) is 31.0 Å². The predicted molar refractivity (Wildman–Crippen MR) is 130 cm³/mol. The highest BCUT2D eigenvalue weighted by Gasteiger charge is 2.52. The Hall–Kier alpha value is -2.44. The molecular formula is C27H34BNO4. The van der Waals surface area contributed by atoms with Crippen molar-refractivity contribution < 1.29 is 18.9 Å². The lowest BCUT2D eigenvalue weighted by Crippen LogP contribution is -2.41. The molecule has 1 saturated carbocycles. The van der Waals surface area contributed by atoms with Gasteiger partial charge in [0.15, 0.2) is 5.78 Å². The van der Waals surface area contributed by atoms with Gasteiger partial charge < -0.3 is 14.2 Å². The summed E-state index contributed by atoms with van der Waals surface area (Å²) < 4.78 is 12.7. The first kappa shape index (κ1) is 23.7. The van der Waals surface area contributed by atoms with E-state index in [-0.39, 0.29) is 17.6 Å². The first-order valence-corrected chi connectivity index (χ1v) is 12.0. The molecule has 0 bridgehead atoms. The van der Waals surface area contributed by atoms with E-state index >= 15 is 0 Å². The van der Waals surface area contributed by atoms with Gasteiger partial charge in [0.1, 0.15) is 0 Å². The average molecular weight is 447 g/mol. The summed E-state index contributed by atoms with van der Waals surface area (Å²) in [5.41, 5.74) is 2.58. The van der Waals surface area contributed by atoms with E-state index in [9.17, 15) is 9.59 Å². The Kier molecular flexibility index (Phi) is 6.52. The van der Waals surface area contributed by atoms with Gasteiger partial charge in [0.05, 0.1) is 11.2 Å². The van der Waals surface area contributed by atoms with Crippen LogP contribution in [0.5, 0.6) is 0 Å². The third kappa shape index (κ3) is 5.07. The smallest absolute Gasteiger partial charge is 0.399 e. The molecule has 1 saturated heterocycles. The quantitative estimate of drug-likeness (QED) is 0.441.